The molecule has 2 heteroatoms. The standard InChI is InChI=1S/C7H12O2/c1-3-7(9-2)5-4-6-8/h3-5,8H,6H2,1-2H3/b5-4-,7-3+. The van der Waals surface area contributed by atoms with Gasteiger partial charge in [0.05, 0.1) is 13.7 Å². The first-order valence-electron chi connectivity index (χ1n) is 2.82. The lowest BCUT2D eigenvalue weighted by molar-refractivity contribution is 0.303. The molecule has 0 saturated carbocycles. The molecule has 9 heavy (non-hydrogen) atoms. The molecule has 0 amide bonds. The van der Waals surface area contributed by atoms with E-state index in [1.54, 1.807) is 19.3 Å². The Hall–Kier alpha value is -0.760. The summed E-state index contributed by atoms with van der Waals surface area (Å²) in [6.45, 7) is 1.93. The lowest BCUT2D eigenvalue weighted by Crippen LogP contribution is -1.80. The summed E-state index contributed by atoms with van der Waals surface area (Å²) >= 11 is 0. The molecule has 0 aliphatic heterocycles. The Morgan fingerprint density at radius 3 is 2.67 bits per heavy atom. The minimum absolute atomic E-state index is 0.0562. The maximum Gasteiger partial charge on any atom is 0.114 e. The molecule has 0 heterocycles. The van der Waals surface area contributed by atoms with E-state index in [2.05, 4.69) is 0 Å². The highest BCUT2D eigenvalue weighted by molar-refractivity contribution is 5.10. The zero-order valence-electron chi connectivity index (χ0n) is 5.79. The number of hydrogen-bond donors (Lipinski definition) is 1. The van der Waals surface area contributed by atoms with Crippen LogP contribution in [0.4, 0.5) is 0 Å². The topological polar surface area (TPSA) is 29.5 Å². The second kappa shape index (κ2) is 5.38. The number of aliphatic hydroxyl groups excluding tert-OH is 1. The van der Waals surface area contributed by atoms with E-state index in [0.29, 0.717) is 0 Å². The molecule has 0 radical (unpaired) electrons. The van der Waals surface area contributed by atoms with Gasteiger partial charge in [-0.2, -0.15) is 0 Å². The molecule has 2 nitrogen and oxygen atoms in total. The maximum absolute atomic E-state index is 8.34. The van der Waals surface area contributed by atoms with Gasteiger partial charge in [0.25, 0.3) is 0 Å². The Labute approximate surface area is 55.5 Å². The minimum Gasteiger partial charge on any atom is -0.497 e. The summed E-state index contributed by atoms with van der Waals surface area (Å²) in [5, 5.41) is 8.34. The van der Waals surface area contributed by atoms with E-state index in [0.717, 1.165) is 5.76 Å². The van der Waals surface area contributed by atoms with Gasteiger partial charge in [-0.1, -0.05) is 6.08 Å². The van der Waals surface area contributed by atoms with Gasteiger partial charge in [-0.15, -0.1) is 0 Å². The Balaban J connectivity index is 3.70. The number of ether oxygens (including phenoxy) is 1. The predicted molar refractivity (Wildman–Crippen MR) is 37.0 cm³/mol. The van der Waals surface area contributed by atoms with E-state index in [4.69, 9.17) is 9.84 Å². The molecule has 52 valence electrons. The van der Waals surface area contributed by atoms with Crippen molar-refractivity contribution in [3.8, 4) is 0 Å². The average molecular weight is 128 g/mol. The van der Waals surface area contributed by atoms with Crippen molar-refractivity contribution >= 4 is 0 Å². The molecular formula is C7H12O2. The van der Waals surface area contributed by atoms with Gasteiger partial charge in [0.15, 0.2) is 0 Å². The molecule has 0 aromatic rings. The molecular weight excluding hydrogens is 116 g/mol. The van der Waals surface area contributed by atoms with Gasteiger partial charge in [-0.05, 0) is 19.1 Å². The van der Waals surface area contributed by atoms with Crippen molar-refractivity contribution in [2.24, 2.45) is 0 Å². The van der Waals surface area contributed by atoms with Gasteiger partial charge < -0.3 is 9.84 Å². The molecule has 0 aliphatic carbocycles. The van der Waals surface area contributed by atoms with Crippen LogP contribution in [0, 0.1) is 0 Å². The molecule has 0 rings (SSSR count). The monoisotopic (exact) mass is 128 g/mol. The first-order valence-corrected chi connectivity index (χ1v) is 2.82. The Kier molecular flexibility index (Phi) is 4.92. The predicted octanol–water partition coefficient (Wildman–Crippen LogP) is 1.09. The summed E-state index contributed by atoms with van der Waals surface area (Å²) < 4.78 is 4.86. The van der Waals surface area contributed by atoms with Gasteiger partial charge in [-0.25, -0.2) is 0 Å². The zero-order chi connectivity index (χ0) is 7.11. The third kappa shape index (κ3) is 3.79. The van der Waals surface area contributed by atoms with Crippen LogP contribution in [0.2, 0.25) is 0 Å². The minimum atomic E-state index is 0.0562. The van der Waals surface area contributed by atoms with E-state index in [1.807, 2.05) is 13.0 Å². The number of rotatable bonds is 3. The molecule has 1 N–H and O–H groups in total. The van der Waals surface area contributed by atoms with Crippen molar-refractivity contribution in [3.63, 3.8) is 0 Å². The third-order valence-electron chi connectivity index (χ3n) is 0.908. The highest BCUT2D eigenvalue weighted by Crippen LogP contribution is 1.94. The van der Waals surface area contributed by atoms with Crippen molar-refractivity contribution in [2.45, 2.75) is 6.92 Å². The number of methoxy groups -OCH3 is 1. The molecule has 0 fully saturated rings. The van der Waals surface area contributed by atoms with Crippen LogP contribution in [-0.2, 0) is 4.74 Å². The quantitative estimate of drug-likeness (QED) is 0.455. The van der Waals surface area contributed by atoms with Gasteiger partial charge in [-0.3, -0.25) is 0 Å². The number of allylic oxidation sites excluding steroid dienone is 2. The third-order valence-corrected chi connectivity index (χ3v) is 0.908. The Morgan fingerprint density at radius 2 is 2.33 bits per heavy atom. The largest absolute Gasteiger partial charge is 0.497 e. The average Bonchev–Trinajstić information content (AvgIpc) is 1.91. The van der Waals surface area contributed by atoms with Crippen LogP contribution in [0.5, 0.6) is 0 Å². The Morgan fingerprint density at radius 1 is 1.67 bits per heavy atom. The summed E-state index contributed by atoms with van der Waals surface area (Å²) in [4.78, 5) is 0. The van der Waals surface area contributed by atoms with Crippen LogP contribution in [0.15, 0.2) is 24.0 Å². The van der Waals surface area contributed by atoms with Crippen molar-refractivity contribution in [1.29, 1.82) is 0 Å². The highest BCUT2D eigenvalue weighted by Gasteiger charge is 1.81. The second-order valence-corrected chi connectivity index (χ2v) is 1.48. The molecule has 0 spiro atoms. The number of hydrogen-bond acceptors (Lipinski definition) is 2. The second-order valence-electron chi connectivity index (χ2n) is 1.48. The summed E-state index contributed by atoms with van der Waals surface area (Å²) in [6, 6.07) is 0. The van der Waals surface area contributed by atoms with Crippen LogP contribution in [0.1, 0.15) is 6.92 Å². The van der Waals surface area contributed by atoms with Crippen molar-refractivity contribution in [3.05, 3.63) is 24.0 Å². The lowest BCUT2D eigenvalue weighted by Gasteiger charge is -1.95. The van der Waals surface area contributed by atoms with Crippen molar-refractivity contribution in [1.82, 2.24) is 0 Å². The Bertz CT molecular complexity index is 114. The molecule has 0 atom stereocenters. The molecule has 0 bridgehead atoms. The first kappa shape index (κ1) is 8.24. The smallest absolute Gasteiger partial charge is 0.114 e. The van der Waals surface area contributed by atoms with E-state index in [-0.39, 0.29) is 6.61 Å². The van der Waals surface area contributed by atoms with Crippen LogP contribution in [0.3, 0.4) is 0 Å². The molecule has 0 aromatic heterocycles. The van der Waals surface area contributed by atoms with Gasteiger partial charge in [0.2, 0.25) is 0 Å². The van der Waals surface area contributed by atoms with Gasteiger partial charge in [0, 0.05) is 0 Å². The summed E-state index contributed by atoms with van der Waals surface area (Å²) in [5.74, 6) is 0.768. The molecule has 0 aliphatic rings. The molecule has 0 aromatic carbocycles. The van der Waals surface area contributed by atoms with E-state index < -0.39 is 0 Å². The summed E-state index contributed by atoms with van der Waals surface area (Å²) in [6.07, 6.45) is 5.17. The highest BCUT2D eigenvalue weighted by atomic mass is 16.5. The maximum atomic E-state index is 8.34. The molecule has 0 unspecified atom stereocenters. The van der Waals surface area contributed by atoms with Crippen molar-refractivity contribution < 1.29 is 9.84 Å². The SMILES string of the molecule is C/C=C(\C=C/CO)OC. The summed E-state index contributed by atoms with van der Waals surface area (Å²) in [5.41, 5.74) is 0. The van der Waals surface area contributed by atoms with Crippen LogP contribution in [-0.4, -0.2) is 18.8 Å². The van der Waals surface area contributed by atoms with E-state index in [9.17, 15) is 0 Å². The lowest BCUT2D eigenvalue weighted by atomic mass is 10.4. The van der Waals surface area contributed by atoms with Gasteiger partial charge >= 0.3 is 0 Å². The fraction of sp³-hybridized carbons (Fsp3) is 0.429. The fourth-order valence-corrected chi connectivity index (χ4v) is 0.451. The first-order chi connectivity index (χ1) is 4.35. The van der Waals surface area contributed by atoms with E-state index >= 15 is 0 Å². The van der Waals surface area contributed by atoms with Crippen molar-refractivity contribution in [2.75, 3.05) is 13.7 Å². The van der Waals surface area contributed by atoms with Crippen LogP contribution in [0.25, 0.3) is 0 Å². The fourth-order valence-electron chi connectivity index (χ4n) is 0.451. The zero-order valence-corrected chi connectivity index (χ0v) is 5.79. The van der Waals surface area contributed by atoms with E-state index in [1.165, 1.54) is 0 Å². The van der Waals surface area contributed by atoms with Crippen LogP contribution >= 0.6 is 0 Å². The number of aliphatic hydroxyl groups is 1. The summed E-state index contributed by atoms with van der Waals surface area (Å²) in [7, 11) is 1.59. The molecule has 0 saturated heterocycles. The normalized spacial score (nSPS) is 12.6. The van der Waals surface area contributed by atoms with Gasteiger partial charge in [0.1, 0.15) is 5.76 Å². The van der Waals surface area contributed by atoms with Crippen LogP contribution < -0.4 is 0 Å².